The van der Waals surface area contributed by atoms with Gasteiger partial charge in [-0.3, -0.25) is 9.69 Å². The zero-order chi connectivity index (χ0) is 16.5. The van der Waals surface area contributed by atoms with Crippen LogP contribution >= 0.6 is 11.8 Å². The molecule has 1 heterocycles. The average molecular weight is 338 g/mol. The molecule has 1 aliphatic heterocycles. The van der Waals surface area contributed by atoms with Crippen molar-refractivity contribution in [3.8, 4) is 5.75 Å². The van der Waals surface area contributed by atoms with Gasteiger partial charge < -0.3 is 14.8 Å². The lowest BCUT2D eigenvalue weighted by Gasteiger charge is -2.26. The van der Waals surface area contributed by atoms with Gasteiger partial charge in [0.25, 0.3) is 0 Å². The van der Waals surface area contributed by atoms with Gasteiger partial charge in [-0.05, 0) is 44.2 Å². The number of hydrogen-bond acceptors (Lipinski definition) is 5. The van der Waals surface area contributed by atoms with Crippen LogP contribution in [0.4, 0.5) is 0 Å². The van der Waals surface area contributed by atoms with Crippen molar-refractivity contribution in [3.05, 3.63) is 24.3 Å². The van der Waals surface area contributed by atoms with E-state index in [-0.39, 0.29) is 11.2 Å². The van der Waals surface area contributed by atoms with E-state index in [4.69, 9.17) is 9.47 Å². The molecule has 0 bridgehead atoms. The molecule has 0 saturated carbocycles. The van der Waals surface area contributed by atoms with Gasteiger partial charge in [0.15, 0.2) is 0 Å². The summed E-state index contributed by atoms with van der Waals surface area (Å²) in [6.45, 7) is 7.32. The molecular weight excluding hydrogens is 312 g/mol. The first-order chi connectivity index (χ1) is 11.2. The van der Waals surface area contributed by atoms with Gasteiger partial charge in [-0.25, -0.2) is 0 Å². The molecular formula is C17H26N2O3S. The highest BCUT2D eigenvalue weighted by atomic mass is 32.2. The summed E-state index contributed by atoms with van der Waals surface area (Å²) in [6.07, 6.45) is 0.978. The second-order valence-electron chi connectivity index (χ2n) is 5.53. The monoisotopic (exact) mass is 338 g/mol. The summed E-state index contributed by atoms with van der Waals surface area (Å²) in [7, 11) is 1.65. The molecule has 0 spiro atoms. The van der Waals surface area contributed by atoms with Gasteiger partial charge in [-0.15, -0.1) is 11.8 Å². The van der Waals surface area contributed by atoms with Gasteiger partial charge in [0.2, 0.25) is 5.91 Å². The lowest BCUT2D eigenvalue weighted by atomic mass is 10.3. The molecule has 0 radical (unpaired) electrons. The molecule has 5 nitrogen and oxygen atoms in total. The van der Waals surface area contributed by atoms with E-state index in [9.17, 15) is 4.79 Å². The van der Waals surface area contributed by atoms with Crippen molar-refractivity contribution in [3.63, 3.8) is 0 Å². The van der Waals surface area contributed by atoms with Crippen molar-refractivity contribution in [1.29, 1.82) is 0 Å². The molecule has 2 rings (SSSR count). The highest BCUT2D eigenvalue weighted by molar-refractivity contribution is 8.00. The molecule has 1 aliphatic rings. The van der Waals surface area contributed by atoms with Crippen molar-refractivity contribution in [2.24, 2.45) is 0 Å². The summed E-state index contributed by atoms with van der Waals surface area (Å²) in [5.74, 6) is 0.919. The SMILES string of the molecule is COc1ccc(S[C@@H](C)C(=O)NCCCN2CCOCC2)cc1. The van der Waals surface area contributed by atoms with Crippen molar-refractivity contribution >= 4 is 17.7 Å². The molecule has 1 aromatic rings. The van der Waals surface area contributed by atoms with Crippen LogP contribution < -0.4 is 10.1 Å². The minimum absolute atomic E-state index is 0.0906. The fraction of sp³-hybridized carbons (Fsp3) is 0.588. The van der Waals surface area contributed by atoms with Gasteiger partial charge in [-0.2, -0.15) is 0 Å². The van der Waals surface area contributed by atoms with Gasteiger partial charge in [0, 0.05) is 24.5 Å². The number of hydrogen-bond donors (Lipinski definition) is 1. The maximum atomic E-state index is 12.1. The second kappa shape index (κ2) is 9.80. The van der Waals surface area contributed by atoms with Crippen LogP contribution in [0.25, 0.3) is 0 Å². The molecule has 1 saturated heterocycles. The van der Waals surface area contributed by atoms with E-state index in [0.29, 0.717) is 0 Å². The van der Waals surface area contributed by atoms with E-state index in [1.807, 2.05) is 31.2 Å². The molecule has 1 N–H and O–H groups in total. The molecule has 0 aromatic heterocycles. The number of carbonyl (C=O) groups is 1. The van der Waals surface area contributed by atoms with Gasteiger partial charge in [-0.1, -0.05) is 0 Å². The van der Waals surface area contributed by atoms with Crippen molar-refractivity contribution in [2.45, 2.75) is 23.5 Å². The molecule has 1 fully saturated rings. The van der Waals surface area contributed by atoms with E-state index in [2.05, 4.69) is 10.2 Å². The van der Waals surface area contributed by atoms with Crippen LogP contribution in [-0.2, 0) is 9.53 Å². The minimum Gasteiger partial charge on any atom is -0.497 e. The Bertz CT molecular complexity index is 475. The van der Waals surface area contributed by atoms with Crippen molar-refractivity contribution in [1.82, 2.24) is 10.2 Å². The first kappa shape index (κ1) is 18.1. The van der Waals surface area contributed by atoms with Crippen LogP contribution in [0.5, 0.6) is 5.75 Å². The normalized spacial score (nSPS) is 16.8. The van der Waals surface area contributed by atoms with Gasteiger partial charge >= 0.3 is 0 Å². The second-order valence-corrected chi connectivity index (χ2v) is 6.95. The Balaban J connectivity index is 1.63. The first-order valence-electron chi connectivity index (χ1n) is 8.07. The summed E-state index contributed by atoms with van der Waals surface area (Å²) < 4.78 is 10.5. The third-order valence-electron chi connectivity index (χ3n) is 3.80. The summed E-state index contributed by atoms with van der Waals surface area (Å²) in [5, 5.41) is 2.92. The van der Waals surface area contributed by atoms with E-state index in [0.717, 1.165) is 56.5 Å². The number of methoxy groups -OCH3 is 1. The van der Waals surface area contributed by atoms with Crippen molar-refractivity contribution < 1.29 is 14.3 Å². The van der Waals surface area contributed by atoms with Crippen LogP contribution in [-0.4, -0.2) is 62.6 Å². The summed E-state index contributed by atoms with van der Waals surface area (Å²) in [6, 6.07) is 7.78. The number of thioether (sulfide) groups is 1. The van der Waals surface area contributed by atoms with E-state index in [1.165, 1.54) is 0 Å². The number of carbonyl (C=O) groups excluding carboxylic acids is 1. The Morgan fingerprint density at radius 3 is 2.70 bits per heavy atom. The smallest absolute Gasteiger partial charge is 0.233 e. The standard InChI is InChI=1S/C17H26N2O3S/c1-14(23-16-6-4-15(21-2)5-7-16)17(20)18-8-3-9-19-10-12-22-13-11-19/h4-7,14H,3,8-13H2,1-2H3,(H,18,20)/t14-/m0/s1. The van der Waals surface area contributed by atoms with Gasteiger partial charge in [0.1, 0.15) is 5.75 Å². The zero-order valence-corrected chi connectivity index (χ0v) is 14.7. The summed E-state index contributed by atoms with van der Waals surface area (Å²) >= 11 is 1.56. The molecule has 1 atom stereocenters. The lowest BCUT2D eigenvalue weighted by Crippen LogP contribution is -2.38. The number of morpholine rings is 1. The largest absolute Gasteiger partial charge is 0.497 e. The quantitative estimate of drug-likeness (QED) is 0.580. The summed E-state index contributed by atoms with van der Waals surface area (Å²) in [4.78, 5) is 15.6. The van der Waals surface area contributed by atoms with E-state index >= 15 is 0 Å². The number of ether oxygens (including phenoxy) is 2. The Kier molecular flexibility index (Phi) is 7.71. The molecule has 0 aliphatic carbocycles. The fourth-order valence-electron chi connectivity index (χ4n) is 2.39. The lowest BCUT2D eigenvalue weighted by molar-refractivity contribution is -0.120. The van der Waals surface area contributed by atoms with Crippen LogP contribution in [0.2, 0.25) is 0 Å². The molecule has 6 heteroatoms. The zero-order valence-electron chi connectivity index (χ0n) is 13.9. The first-order valence-corrected chi connectivity index (χ1v) is 8.95. The Hall–Kier alpha value is -1.24. The molecule has 0 unspecified atom stereocenters. The number of benzene rings is 1. The summed E-state index contributed by atoms with van der Waals surface area (Å²) in [5.41, 5.74) is 0. The molecule has 128 valence electrons. The predicted molar refractivity (Wildman–Crippen MR) is 93.2 cm³/mol. The van der Waals surface area contributed by atoms with Crippen LogP contribution in [0.1, 0.15) is 13.3 Å². The third kappa shape index (κ3) is 6.41. The topological polar surface area (TPSA) is 50.8 Å². The van der Waals surface area contributed by atoms with Crippen LogP contribution in [0.3, 0.4) is 0 Å². The van der Waals surface area contributed by atoms with E-state index in [1.54, 1.807) is 18.9 Å². The van der Waals surface area contributed by atoms with Crippen molar-refractivity contribution in [2.75, 3.05) is 46.5 Å². The number of nitrogens with one attached hydrogen (secondary N) is 1. The molecule has 23 heavy (non-hydrogen) atoms. The Labute approximate surface area is 142 Å². The minimum atomic E-state index is -0.105. The predicted octanol–water partition coefficient (Wildman–Crippen LogP) is 2.01. The van der Waals surface area contributed by atoms with E-state index < -0.39 is 0 Å². The number of amides is 1. The average Bonchev–Trinajstić information content (AvgIpc) is 2.60. The number of nitrogens with zero attached hydrogens (tertiary/aromatic N) is 1. The maximum Gasteiger partial charge on any atom is 0.233 e. The molecule has 1 amide bonds. The Morgan fingerprint density at radius 2 is 2.04 bits per heavy atom. The Morgan fingerprint density at radius 1 is 1.35 bits per heavy atom. The maximum absolute atomic E-state index is 12.1. The molecule has 1 aromatic carbocycles. The van der Waals surface area contributed by atoms with Gasteiger partial charge in [0.05, 0.1) is 25.6 Å². The highest BCUT2D eigenvalue weighted by Crippen LogP contribution is 2.25. The van der Waals surface area contributed by atoms with Crippen LogP contribution in [0, 0.1) is 0 Å². The fourth-order valence-corrected chi connectivity index (χ4v) is 3.29. The highest BCUT2D eigenvalue weighted by Gasteiger charge is 2.14. The number of rotatable bonds is 8. The van der Waals surface area contributed by atoms with Crippen LogP contribution in [0.15, 0.2) is 29.2 Å². The third-order valence-corrected chi connectivity index (χ3v) is 4.91.